The van der Waals surface area contributed by atoms with Crippen LogP contribution in [0.3, 0.4) is 0 Å². The lowest BCUT2D eigenvalue weighted by molar-refractivity contribution is -0.136. The molecule has 0 aromatic heterocycles. The SMILES string of the molecule is COc1ccccc1OCC(=O)N1CCNC[C@H]1C. The third kappa shape index (κ3) is 3.38. The Morgan fingerprint density at radius 1 is 1.42 bits per heavy atom. The summed E-state index contributed by atoms with van der Waals surface area (Å²) in [4.78, 5) is 14.0. The molecule has 0 unspecified atom stereocenters. The molecule has 1 N–H and O–H groups in total. The molecule has 1 fully saturated rings. The number of hydrogen-bond acceptors (Lipinski definition) is 4. The second kappa shape index (κ2) is 6.43. The van der Waals surface area contributed by atoms with E-state index in [0.717, 1.165) is 19.6 Å². The van der Waals surface area contributed by atoms with Gasteiger partial charge in [0.2, 0.25) is 0 Å². The molecule has 19 heavy (non-hydrogen) atoms. The van der Waals surface area contributed by atoms with E-state index >= 15 is 0 Å². The third-order valence-electron chi connectivity index (χ3n) is 3.24. The van der Waals surface area contributed by atoms with Crippen molar-refractivity contribution >= 4 is 5.91 Å². The summed E-state index contributed by atoms with van der Waals surface area (Å²) >= 11 is 0. The number of para-hydroxylation sites is 2. The number of carbonyl (C=O) groups excluding carboxylic acids is 1. The molecule has 1 heterocycles. The van der Waals surface area contributed by atoms with Gasteiger partial charge in [-0.15, -0.1) is 0 Å². The monoisotopic (exact) mass is 264 g/mol. The number of amides is 1. The average molecular weight is 264 g/mol. The van der Waals surface area contributed by atoms with Crippen LogP contribution in [0.15, 0.2) is 24.3 Å². The van der Waals surface area contributed by atoms with Crippen LogP contribution < -0.4 is 14.8 Å². The molecule has 1 atom stereocenters. The van der Waals surface area contributed by atoms with Crippen LogP contribution in [-0.4, -0.2) is 50.2 Å². The fraction of sp³-hybridized carbons (Fsp3) is 0.500. The summed E-state index contributed by atoms with van der Waals surface area (Å²) in [6.07, 6.45) is 0. The molecule has 0 bridgehead atoms. The molecule has 1 aliphatic heterocycles. The van der Waals surface area contributed by atoms with Gasteiger partial charge in [-0.3, -0.25) is 4.79 Å². The van der Waals surface area contributed by atoms with Crippen LogP contribution in [0.25, 0.3) is 0 Å². The number of nitrogens with zero attached hydrogens (tertiary/aromatic N) is 1. The summed E-state index contributed by atoms with van der Waals surface area (Å²) in [6.45, 7) is 4.48. The van der Waals surface area contributed by atoms with Crippen molar-refractivity contribution in [2.24, 2.45) is 0 Å². The van der Waals surface area contributed by atoms with E-state index in [4.69, 9.17) is 9.47 Å². The van der Waals surface area contributed by atoms with Crippen LogP contribution in [0, 0.1) is 0 Å². The Bertz CT molecular complexity index is 436. The van der Waals surface area contributed by atoms with Gasteiger partial charge in [-0.2, -0.15) is 0 Å². The largest absolute Gasteiger partial charge is 0.493 e. The zero-order valence-corrected chi connectivity index (χ0v) is 11.4. The third-order valence-corrected chi connectivity index (χ3v) is 3.24. The van der Waals surface area contributed by atoms with Crippen molar-refractivity contribution in [3.8, 4) is 11.5 Å². The van der Waals surface area contributed by atoms with Gasteiger partial charge >= 0.3 is 0 Å². The van der Waals surface area contributed by atoms with Gasteiger partial charge in [-0.25, -0.2) is 0 Å². The first-order valence-electron chi connectivity index (χ1n) is 6.48. The number of hydrogen-bond donors (Lipinski definition) is 1. The fourth-order valence-corrected chi connectivity index (χ4v) is 2.17. The summed E-state index contributed by atoms with van der Waals surface area (Å²) in [6, 6.07) is 7.55. The Balaban J connectivity index is 1.92. The molecule has 0 aliphatic carbocycles. The van der Waals surface area contributed by atoms with E-state index in [2.05, 4.69) is 5.32 Å². The quantitative estimate of drug-likeness (QED) is 0.877. The summed E-state index contributed by atoms with van der Waals surface area (Å²) in [7, 11) is 1.59. The number of methoxy groups -OCH3 is 1. The van der Waals surface area contributed by atoms with Crippen LogP contribution in [0.1, 0.15) is 6.92 Å². The molecule has 1 aromatic carbocycles. The standard InChI is InChI=1S/C14H20N2O3/c1-11-9-15-7-8-16(11)14(17)10-19-13-6-4-3-5-12(13)18-2/h3-6,11,15H,7-10H2,1-2H3/t11-/m1/s1. The molecule has 2 rings (SSSR count). The van der Waals surface area contributed by atoms with Gasteiger partial charge in [0, 0.05) is 25.7 Å². The molecule has 1 aliphatic rings. The average Bonchev–Trinajstić information content (AvgIpc) is 2.45. The Morgan fingerprint density at radius 2 is 2.16 bits per heavy atom. The summed E-state index contributed by atoms with van der Waals surface area (Å²) in [5.74, 6) is 1.25. The first-order valence-corrected chi connectivity index (χ1v) is 6.48. The van der Waals surface area contributed by atoms with Crippen molar-refractivity contribution in [1.29, 1.82) is 0 Å². The first-order chi connectivity index (χ1) is 9.22. The molecule has 0 radical (unpaired) electrons. The van der Waals surface area contributed by atoms with Gasteiger partial charge in [0.1, 0.15) is 0 Å². The van der Waals surface area contributed by atoms with Crippen LogP contribution in [-0.2, 0) is 4.79 Å². The number of piperazine rings is 1. The topological polar surface area (TPSA) is 50.8 Å². The minimum absolute atomic E-state index is 0.0138. The lowest BCUT2D eigenvalue weighted by Gasteiger charge is -2.33. The highest BCUT2D eigenvalue weighted by atomic mass is 16.5. The highest BCUT2D eigenvalue weighted by Gasteiger charge is 2.23. The van der Waals surface area contributed by atoms with E-state index < -0.39 is 0 Å². The molecule has 1 amide bonds. The maximum Gasteiger partial charge on any atom is 0.260 e. The molecule has 104 valence electrons. The Kier molecular flexibility index (Phi) is 4.63. The van der Waals surface area contributed by atoms with Crippen molar-refractivity contribution in [3.05, 3.63) is 24.3 Å². The van der Waals surface area contributed by atoms with Crippen molar-refractivity contribution in [2.45, 2.75) is 13.0 Å². The van der Waals surface area contributed by atoms with Crippen LogP contribution >= 0.6 is 0 Å². The zero-order valence-electron chi connectivity index (χ0n) is 11.4. The predicted octanol–water partition coefficient (Wildman–Crippen LogP) is 0.894. The zero-order chi connectivity index (χ0) is 13.7. The first kappa shape index (κ1) is 13.7. The molecule has 0 saturated carbocycles. The second-order valence-corrected chi connectivity index (χ2v) is 4.58. The second-order valence-electron chi connectivity index (χ2n) is 4.58. The van der Waals surface area contributed by atoms with Crippen molar-refractivity contribution in [3.63, 3.8) is 0 Å². The molecule has 0 spiro atoms. The van der Waals surface area contributed by atoms with Gasteiger partial charge < -0.3 is 19.7 Å². The van der Waals surface area contributed by atoms with Crippen molar-refractivity contribution in [2.75, 3.05) is 33.4 Å². The summed E-state index contributed by atoms with van der Waals surface area (Å²) < 4.78 is 10.7. The fourth-order valence-electron chi connectivity index (χ4n) is 2.17. The van der Waals surface area contributed by atoms with Gasteiger partial charge in [-0.05, 0) is 19.1 Å². The maximum atomic E-state index is 12.1. The van der Waals surface area contributed by atoms with E-state index in [9.17, 15) is 4.79 Å². The lowest BCUT2D eigenvalue weighted by atomic mass is 10.2. The summed E-state index contributed by atoms with van der Waals surface area (Å²) in [5, 5.41) is 3.26. The molecule has 1 aromatic rings. The van der Waals surface area contributed by atoms with Gasteiger partial charge in [0.25, 0.3) is 5.91 Å². The van der Waals surface area contributed by atoms with E-state index in [1.807, 2.05) is 30.0 Å². The van der Waals surface area contributed by atoms with E-state index in [1.54, 1.807) is 13.2 Å². The minimum atomic E-state index is 0.0138. The van der Waals surface area contributed by atoms with E-state index in [0.29, 0.717) is 11.5 Å². The van der Waals surface area contributed by atoms with E-state index in [1.165, 1.54) is 0 Å². The molecular weight excluding hydrogens is 244 g/mol. The molecular formula is C14H20N2O3. The van der Waals surface area contributed by atoms with Gasteiger partial charge in [-0.1, -0.05) is 12.1 Å². The number of carbonyl (C=O) groups is 1. The molecule has 5 nitrogen and oxygen atoms in total. The highest BCUT2D eigenvalue weighted by molar-refractivity contribution is 5.78. The summed E-state index contributed by atoms with van der Waals surface area (Å²) in [5.41, 5.74) is 0. The van der Waals surface area contributed by atoms with Gasteiger partial charge in [0.15, 0.2) is 18.1 Å². The normalized spacial score (nSPS) is 19.1. The molecule has 5 heteroatoms. The number of ether oxygens (including phenoxy) is 2. The smallest absolute Gasteiger partial charge is 0.260 e. The van der Waals surface area contributed by atoms with Gasteiger partial charge in [0.05, 0.1) is 7.11 Å². The van der Waals surface area contributed by atoms with E-state index in [-0.39, 0.29) is 18.6 Å². The van der Waals surface area contributed by atoms with Crippen LogP contribution in [0.2, 0.25) is 0 Å². The van der Waals surface area contributed by atoms with Crippen LogP contribution in [0.4, 0.5) is 0 Å². The number of benzene rings is 1. The Hall–Kier alpha value is -1.75. The van der Waals surface area contributed by atoms with Crippen molar-refractivity contribution in [1.82, 2.24) is 10.2 Å². The Labute approximate surface area is 113 Å². The predicted molar refractivity (Wildman–Crippen MR) is 72.5 cm³/mol. The molecule has 1 saturated heterocycles. The lowest BCUT2D eigenvalue weighted by Crippen LogP contribution is -2.53. The minimum Gasteiger partial charge on any atom is -0.493 e. The van der Waals surface area contributed by atoms with Crippen molar-refractivity contribution < 1.29 is 14.3 Å². The maximum absolute atomic E-state index is 12.1. The van der Waals surface area contributed by atoms with Crippen LogP contribution in [0.5, 0.6) is 11.5 Å². The highest BCUT2D eigenvalue weighted by Crippen LogP contribution is 2.25. The number of nitrogens with one attached hydrogen (secondary N) is 1. The number of rotatable bonds is 4. The Morgan fingerprint density at radius 3 is 2.84 bits per heavy atom.